The zero-order valence-electron chi connectivity index (χ0n) is 14.5. The van der Waals surface area contributed by atoms with Crippen LogP contribution in [0.15, 0.2) is 12.1 Å². The van der Waals surface area contributed by atoms with E-state index in [1.165, 1.54) is 18.7 Å². The Kier molecular flexibility index (Phi) is 5.67. The van der Waals surface area contributed by atoms with Crippen molar-refractivity contribution in [3.63, 3.8) is 0 Å². The van der Waals surface area contributed by atoms with Gasteiger partial charge < -0.3 is 15.2 Å². The molecule has 3 rings (SSSR count). The molecule has 2 heterocycles. The highest BCUT2D eigenvalue weighted by Gasteiger charge is 2.35. The second-order valence-corrected chi connectivity index (χ2v) is 7.28. The molecule has 0 aliphatic carbocycles. The fraction of sp³-hybridized carbons (Fsp3) is 0.438. The van der Waals surface area contributed by atoms with Crippen LogP contribution in [0.4, 0.5) is 22.0 Å². The number of carbonyl (C=O) groups excluding carboxylic acids is 1. The van der Waals surface area contributed by atoms with Crippen molar-refractivity contribution in [3.8, 4) is 0 Å². The Morgan fingerprint density at radius 2 is 1.86 bits per heavy atom. The SMILES string of the molecule is NC(CC(=O)N1CCn2c(nnc2C(F)(F)P)C1)Cc1cc(F)c(F)cc1F. The summed E-state index contributed by atoms with van der Waals surface area (Å²) in [6.07, 6.45) is -0.346. The molecule has 0 saturated heterocycles. The third kappa shape index (κ3) is 4.30. The molecule has 2 aromatic rings. The summed E-state index contributed by atoms with van der Waals surface area (Å²) in [6, 6.07) is 0.303. The summed E-state index contributed by atoms with van der Waals surface area (Å²) in [5.41, 5.74) is 2.50. The maximum absolute atomic E-state index is 13.7. The molecule has 2 N–H and O–H groups in total. The second kappa shape index (κ2) is 7.71. The average Bonchev–Trinajstić information content (AvgIpc) is 3.03. The molecule has 1 aliphatic heterocycles. The van der Waals surface area contributed by atoms with E-state index in [9.17, 15) is 26.7 Å². The molecule has 0 radical (unpaired) electrons. The van der Waals surface area contributed by atoms with E-state index in [-0.39, 0.29) is 49.8 Å². The maximum atomic E-state index is 13.7. The minimum absolute atomic E-state index is 0.0150. The number of nitrogens with two attached hydrogens (primary N) is 1. The summed E-state index contributed by atoms with van der Waals surface area (Å²) in [5.74, 6) is -4.12. The fourth-order valence-electron chi connectivity index (χ4n) is 3.05. The molecule has 12 heteroatoms. The van der Waals surface area contributed by atoms with Gasteiger partial charge in [-0.3, -0.25) is 4.79 Å². The van der Waals surface area contributed by atoms with Crippen LogP contribution >= 0.6 is 9.24 Å². The molecule has 152 valence electrons. The summed E-state index contributed by atoms with van der Waals surface area (Å²) < 4.78 is 68.1. The van der Waals surface area contributed by atoms with Crippen molar-refractivity contribution in [2.24, 2.45) is 5.73 Å². The zero-order chi connectivity index (χ0) is 20.6. The molecule has 6 nitrogen and oxygen atoms in total. The van der Waals surface area contributed by atoms with Crippen LogP contribution in [0.3, 0.4) is 0 Å². The van der Waals surface area contributed by atoms with Crippen LogP contribution in [-0.4, -0.2) is 38.2 Å². The lowest BCUT2D eigenvalue weighted by Gasteiger charge is -2.29. The van der Waals surface area contributed by atoms with E-state index in [1.807, 2.05) is 0 Å². The van der Waals surface area contributed by atoms with E-state index in [1.54, 1.807) is 0 Å². The van der Waals surface area contributed by atoms with E-state index in [2.05, 4.69) is 10.2 Å². The van der Waals surface area contributed by atoms with Crippen molar-refractivity contribution in [1.82, 2.24) is 19.7 Å². The standard InChI is InChI=1S/C16H17F5N5OP/c17-10-6-12(19)11(18)4-8(10)3-9(22)5-14(27)25-1-2-26-13(7-25)23-24-15(26)16(20,21)28/h4,6,9H,1-3,5,7,22,28H2. The fourth-order valence-corrected chi connectivity index (χ4v) is 3.26. The van der Waals surface area contributed by atoms with Crippen LogP contribution in [-0.2, 0) is 30.0 Å². The first kappa shape index (κ1) is 20.6. The molecule has 28 heavy (non-hydrogen) atoms. The molecule has 2 unspecified atom stereocenters. The highest BCUT2D eigenvalue weighted by Crippen LogP contribution is 2.34. The average molecular weight is 421 g/mol. The number of fused-ring (bicyclic) bond motifs is 1. The van der Waals surface area contributed by atoms with E-state index < -0.39 is 35.0 Å². The zero-order valence-corrected chi connectivity index (χ0v) is 15.7. The van der Waals surface area contributed by atoms with Crippen LogP contribution in [0.25, 0.3) is 0 Å². The number of hydrogen-bond acceptors (Lipinski definition) is 4. The lowest BCUT2D eigenvalue weighted by atomic mass is 10.0. The van der Waals surface area contributed by atoms with Gasteiger partial charge in [0.25, 0.3) is 0 Å². The number of hydrogen-bond donors (Lipinski definition) is 1. The van der Waals surface area contributed by atoms with E-state index in [0.29, 0.717) is 12.1 Å². The molecule has 1 aliphatic rings. The molecule has 0 fully saturated rings. The summed E-state index contributed by atoms with van der Waals surface area (Å²) in [7, 11) is 1.39. The molecule has 1 amide bonds. The van der Waals surface area contributed by atoms with Crippen molar-refractivity contribution in [1.29, 1.82) is 0 Å². The van der Waals surface area contributed by atoms with Gasteiger partial charge in [0.1, 0.15) is 5.82 Å². The van der Waals surface area contributed by atoms with Gasteiger partial charge in [0.05, 0.1) is 6.54 Å². The topological polar surface area (TPSA) is 77.0 Å². The van der Waals surface area contributed by atoms with E-state index >= 15 is 0 Å². The first-order valence-corrected chi connectivity index (χ1v) is 8.90. The predicted molar refractivity (Wildman–Crippen MR) is 91.7 cm³/mol. The smallest absolute Gasteiger partial charge is 0.317 e. The number of benzene rings is 1. The first-order chi connectivity index (χ1) is 13.1. The van der Waals surface area contributed by atoms with Gasteiger partial charge >= 0.3 is 5.66 Å². The largest absolute Gasteiger partial charge is 0.333 e. The Labute approximate surface area is 159 Å². The summed E-state index contributed by atoms with van der Waals surface area (Å²) in [5, 5.41) is 7.18. The van der Waals surface area contributed by atoms with Crippen molar-refractivity contribution in [3.05, 3.63) is 46.8 Å². The van der Waals surface area contributed by atoms with Gasteiger partial charge in [0.15, 0.2) is 17.5 Å². The number of halogens is 5. The Hall–Kier alpha value is -2.13. The third-order valence-corrected chi connectivity index (χ3v) is 4.67. The van der Waals surface area contributed by atoms with Gasteiger partial charge in [-0.2, -0.15) is 8.78 Å². The van der Waals surface area contributed by atoms with Crippen molar-refractivity contribution in [2.45, 2.75) is 37.6 Å². The third-order valence-electron chi connectivity index (χ3n) is 4.41. The highest BCUT2D eigenvalue weighted by atomic mass is 31.0. The van der Waals surface area contributed by atoms with Gasteiger partial charge in [-0.05, 0) is 18.1 Å². The summed E-state index contributed by atoms with van der Waals surface area (Å²) in [6.45, 7) is 0.239. The molecule has 1 aromatic carbocycles. The van der Waals surface area contributed by atoms with Gasteiger partial charge in [-0.1, -0.05) is 9.24 Å². The number of amides is 1. The van der Waals surface area contributed by atoms with Crippen molar-refractivity contribution < 1.29 is 26.7 Å². The van der Waals surface area contributed by atoms with E-state index in [4.69, 9.17) is 5.73 Å². The van der Waals surface area contributed by atoms with Crippen molar-refractivity contribution >= 4 is 15.1 Å². The number of aromatic nitrogens is 3. The monoisotopic (exact) mass is 421 g/mol. The Balaban J connectivity index is 1.63. The number of alkyl halides is 2. The molecule has 0 bridgehead atoms. The normalized spacial score (nSPS) is 15.5. The first-order valence-electron chi connectivity index (χ1n) is 8.32. The number of carbonyl (C=O) groups is 1. The van der Waals surface area contributed by atoms with Crippen LogP contribution < -0.4 is 5.73 Å². The Morgan fingerprint density at radius 1 is 1.18 bits per heavy atom. The highest BCUT2D eigenvalue weighted by molar-refractivity contribution is 7.17. The minimum Gasteiger partial charge on any atom is -0.333 e. The molecular weight excluding hydrogens is 404 g/mol. The van der Waals surface area contributed by atoms with Crippen LogP contribution in [0, 0.1) is 17.5 Å². The van der Waals surface area contributed by atoms with Gasteiger partial charge in [0, 0.05) is 31.6 Å². The van der Waals surface area contributed by atoms with Crippen molar-refractivity contribution in [2.75, 3.05) is 6.54 Å². The Bertz CT molecular complexity index is 900. The lowest BCUT2D eigenvalue weighted by Crippen LogP contribution is -2.42. The molecule has 2 atom stereocenters. The molecule has 0 spiro atoms. The van der Waals surface area contributed by atoms with E-state index in [0.717, 1.165) is 0 Å². The van der Waals surface area contributed by atoms with Gasteiger partial charge in [-0.25, -0.2) is 13.2 Å². The van der Waals surface area contributed by atoms with Crippen LogP contribution in [0.2, 0.25) is 0 Å². The maximum Gasteiger partial charge on any atom is 0.317 e. The quantitative estimate of drug-likeness (QED) is 0.455. The predicted octanol–water partition coefficient (Wildman–Crippen LogP) is 1.92. The van der Waals surface area contributed by atoms with Crippen LogP contribution in [0.5, 0.6) is 0 Å². The molecular formula is C16H17F5N5OP. The number of rotatable bonds is 5. The van der Waals surface area contributed by atoms with Gasteiger partial charge in [-0.15, -0.1) is 10.2 Å². The summed E-state index contributed by atoms with van der Waals surface area (Å²) in [4.78, 5) is 13.8. The van der Waals surface area contributed by atoms with Crippen LogP contribution in [0.1, 0.15) is 23.6 Å². The van der Waals surface area contributed by atoms with Gasteiger partial charge in [0.2, 0.25) is 11.7 Å². The molecule has 1 aromatic heterocycles. The Morgan fingerprint density at radius 3 is 2.54 bits per heavy atom. The minimum atomic E-state index is -3.23. The lowest BCUT2D eigenvalue weighted by molar-refractivity contribution is -0.133. The number of nitrogens with zero attached hydrogens (tertiary/aromatic N) is 4. The summed E-state index contributed by atoms with van der Waals surface area (Å²) >= 11 is 0. The molecule has 0 saturated carbocycles. The second-order valence-electron chi connectivity index (χ2n) is 6.56.